The first-order valence-corrected chi connectivity index (χ1v) is 16.1. The second-order valence-corrected chi connectivity index (χ2v) is 13.6. The van der Waals surface area contributed by atoms with Crippen molar-refractivity contribution < 1.29 is 0 Å². The van der Waals surface area contributed by atoms with Gasteiger partial charge in [0.25, 0.3) is 0 Å². The Morgan fingerprint density at radius 2 is 1.18 bits per heavy atom. The van der Waals surface area contributed by atoms with E-state index in [4.69, 9.17) is 0 Å². The van der Waals surface area contributed by atoms with Crippen LogP contribution in [-0.2, 0) is 5.41 Å². The van der Waals surface area contributed by atoms with Crippen LogP contribution in [0.1, 0.15) is 36.1 Å². The lowest BCUT2D eigenvalue weighted by Gasteiger charge is -2.33. The molecule has 0 bridgehead atoms. The second-order valence-electron chi connectivity index (χ2n) is 12.7. The summed E-state index contributed by atoms with van der Waals surface area (Å²) in [6.07, 6.45) is 4.85. The average Bonchev–Trinajstić information content (AvgIpc) is 3.41. The van der Waals surface area contributed by atoms with Gasteiger partial charge in [-0.15, -0.1) is 0 Å². The molecule has 0 fully saturated rings. The van der Waals surface area contributed by atoms with Gasteiger partial charge < -0.3 is 0 Å². The summed E-state index contributed by atoms with van der Waals surface area (Å²) in [6, 6.07) is 47.1. The highest BCUT2D eigenvalue weighted by atomic mass is 79.9. The van der Waals surface area contributed by atoms with Crippen molar-refractivity contribution in [2.24, 2.45) is 0 Å². The fraction of sp³-hybridized carbons (Fsp3) is 0.0698. The maximum Gasteiger partial charge on any atom is 0.0187 e. The predicted octanol–water partition coefficient (Wildman–Crippen LogP) is 9.99. The van der Waals surface area contributed by atoms with Crippen LogP contribution in [-0.4, -0.2) is 0 Å². The first-order chi connectivity index (χ1) is 21.5. The molecule has 0 spiro atoms. The molecule has 7 aromatic rings. The lowest BCUT2D eigenvalue weighted by molar-refractivity contribution is 0.629. The molecule has 0 nitrogen and oxygen atoms in total. The van der Waals surface area contributed by atoms with E-state index in [0.29, 0.717) is 0 Å². The highest BCUT2D eigenvalue weighted by molar-refractivity contribution is 9.10. The maximum atomic E-state index is 3.88. The molecule has 0 N–H and O–H groups in total. The predicted molar refractivity (Wildman–Crippen MR) is 189 cm³/mol. The summed E-state index contributed by atoms with van der Waals surface area (Å²) in [5.41, 5.74) is 10.3. The first kappa shape index (κ1) is 25.7. The van der Waals surface area contributed by atoms with Crippen LogP contribution in [0, 0.1) is 10.4 Å². The van der Waals surface area contributed by atoms with Crippen molar-refractivity contribution in [3.05, 3.63) is 175 Å². The van der Waals surface area contributed by atoms with Crippen molar-refractivity contribution in [1.29, 1.82) is 0 Å². The summed E-state index contributed by atoms with van der Waals surface area (Å²) in [4.78, 5) is 0. The Hall–Kier alpha value is -4.72. The average molecular weight is 626 g/mol. The van der Waals surface area contributed by atoms with Crippen LogP contribution in [0.5, 0.6) is 0 Å². The molecule has 44 heavy (non-hydrogen) atoms. The van der Waals surface area contributed by atoms with Crippen LogP contribution in [0.25, 0.3) is 56.0 Å². The smallest absolute Gasteiger partial charge is 0.0187 e. The number of rotatable bonds is 2. The van der Waals surface area contributed by atoms with E-state index in [2.05, 4.69) is 169 Å². The van der Waals surface area contributed by atoms with Gasteiger partial charge in [-0.25, -0.2) is 0 Å². The molecule has 208 valence electrons. The minimum absolute atomic E-state index is 0.150. The van der Waals surface area contributed by atoms with E-state index < -0.39 is 0 Å². The standard InChI is InChI=1S/C43H29Br/c1-43(2)39-14-8-7-13-31(39)22-38-40(43)25-37-36(41(38)32-18-16-27-10-4-6-12-29(27)20-32)23-33-21-34(44)24-35(42(33)37)30-17-15-26-9-3-5-11-28(26)19-30/h3-25H,1-2H3. The monoisotopic (exact) mass is 624 g/mol. The van der Waals surface area contributed by atoms with E-state index in [1.165, 1.54) is 86.9 Å². The maximum absolute atomic E-state index is 3.88. The van der Waals surface area contributed by atoms with Crippen molar-refractivity contribution in [2.75, 3.05) is 0 Å². The summed E-state index contributed by atoms with van der Waals surface area (Å²) in [7, 11) is 0. The topological polar surface area (TPSA) is 0 Å². The van der Waals surface area contributed by atoms with Crippen LogP contribution in [0.3, 0.4) is 0 Å². The Bertz CT molecular complexity index is 2590. The molecule has 2 aliphatic carbocycles. The normalized spacial score (nSPS) is 13.9. The summed E-state index contributed by atoms with van der Waals surface area (Å²) < 4.78 is 1.10. The molecule has 0 aliphatic heterocycles. The molecule has 9 rings (SSSR count). The number of hydrogen-bond donors (Lipinski definition) is 0. The van der Waals surface area contributed by atoms with Gasteiger partial charge in [0.1, 0.15) is 0 Å². The van der Waals surface area contributed by atoms with Gasteiger partial charge in [0.15, 0.2) is 0 Å². The highest BCUT2D eigenvalue weighted by Crippen LogP contribution is 2.39. The SMILES string of the molecule is CC1(C)c2ccccc2C=c2c1cc1c(c2-c2ccc3ccccc3c2)C=c2cc(Br)cc(-c3ccc4ccccc4c3)c2=1. The van der Waals surface area contributed by atoms with E-state index >= 15 is 0 Å². The summed E-state index contributed by atoms with van der Waals surface area (Å²) in [6.45, 7) is 4.78. The molecule has 0 heterocycles. The number of hydrogen-bond acceptors (Lipinski definition) is 0. The Morgan fingerprint density at radius 3 is 1.93 bits per heavy atom. The van der Waals surface area contributed by atoms with E-state index in [1.807, 2.05) is 0 Å². The molecule has 2 aliphatic rings. The van der Waals surface area contributed by atoms with Crippen molar-refractivity contribution in [3.8, 4) is 22.3 Å². The molecule has 0 amide bonds. The Labute approximate surface area is 265 Å². The minimum atomic E-state index is -0.150. The molecule has 1 heteroatoms. The molecule has 0 radical (unpaired) electrons. The van der Waals surface area contributed by atoms with E-state index in [-0.39, 0.29) is 5.41 Å². The van der Waals surface area contributed by atoms with Gasteiger partial charge in [-0.3, -0.25) is 0 Å². The third kappa shape index (κ3) is 3.76. The Kier molecular flexibility index (Phi) is 5.49. The summed E-state index contributed by atoms with van der Waals surface area (Å²) in [5.74, 6) is 0. The fourth-order valence-corrected chi connectivity index (χ4v) is 8.14. The Morgan fingerprint density at radius 1 is 0.545 bits per heavy atom. The van der Waals surface area contributed by atoms with Gasteiger partial charge in [0, 0.05) is 9.89 Å². The summed E-state index contributed by atoms with van der Waals surface area (Å²) >= 11 is 3.88. The zero-order chi connectivity index (χ0) is 29.6. The van der Waals surface area contributed by atoms with E-state index in [0.717, 1.165) is 4.47 Å². The van der Waals surface area contributed by atoms with Crippen molar-refractivity contribution >= 4 is 49.6 Å². The molecule has 0 atom stereocenters. The van der Waals surface area contributed by atoms with Gasteiger partial charge in [0.2, 0.25) is 0 Å². The molecule has 0 saturated heterocycles. The molecule has 0 aromatic heterocycles. The van der Waals surface area contributed by atoms with Gasteiger partial charge >= 0.3 is 0 Å². The summed E-state index contributed by atoms with van der Waals surface area (Å²) in [5, 5.41) is 10.3. The number of halogens is 1. The van der Waals surface area contributed by atoms with E-state index in [9.17, 15) is 0 Å². The first-order valence-electron chi connectivity index (χ1n) is 15.3. The van der Waals surface area contributed by atoms with Crippen molar-refractivity contribution in [2.45, 2.75) is 19.3 Å². The van der Waals surface area contributed by atoms with Crippen LogP contribution < -0.4 is 10.4 Å². The van der Waals surface area contributed by atoms with Gasteiger partial charge in [0.05, 0.1) is 0 Å². The van der Waals surface area contributed by atoms with Crippen molar-refractivity contribution in [3.63, 3.8) is 0 Å². The zero-order valence-corrected chi connectivity index (χ0v) is 26.2. The van der Waals surface area contributed by atoms with E-state index in [1.54, 1.807) is 0 Å². The zero-order valence-electron chi connectivity index (χ0n) is 24.7. The lowest BCUT2D eigenvalue weighted by atomic mass is 9.70. The fourth-order valence-electron chi connectivity index (χ4n) is 7.67. The lowest BCUT2D eigenvalue weighted by Crippen LogP contribution is -2.33. The van der Waals surface area contributed by atoms with Gasteiger partial charge in [-0.05, 0) is 129 Å². The van der Waals surface area contributed by atoms with Crippen molar-refractivity contribution in [1.82, 2.24) is 0 Å². The minimum Gasteiger partial charge on any atom is -0.0619 e. The second kappa shape index (κ2) is 9.39. The third-order valence-electron chi connectivity index (χ3n) is 9.82. The molecule has 0 saturated carbocycles. The van der Waals surface area contributed by atoms with Crippen LogP contribution in [0.2, 0.25) is 0 Å². The highest BCUT2D eigenvalue weighted by Gasteiger charge is 2.32. The quantitative estimate of drug-likeness (QED) is 0.179. The molecular weight excluding hydrogens is 596 g/mol. The third-order valence-corrected chi connectivity index (χ3v) is 10.3. The molecule has 7 aromatic carbocycles. The van der Waals surface area contributed by atoms with Crippen LogP contribution in [0.4, 0.5) is 0 Å². The van der Waals surface area contributed by atoms with Gasteiger partial charge in [-0.2, -0.15) is 0 Å². The van der Waals surface area contributed by atoms with Crippen LogP contribution >= 0.6 is 15.9 Å². The number of benzene rings is 7. The van der Waals surface area contributed by atoms with Crippen LogP contribution in [0.15, 0.2) is 132 Å². The Balaban J connectivity index is 1.46. The molecule has 0 unspecified atom stereocenters. The largest absolute Gasteiger partial charge is 0.0619 e. The van der Waals surface area contributed by atoms with Gasteiger partial charge in [-0.1, -0.05) is 127 Å². The molecular formula is C43H29Br. The number of fused-ring (bicyclic) bond motifs is 6.